The molecule has 1 aromatic heterocycles. The van der Waals surface area contributed by atoms with E-state index in [0.29, 0.717) is 18.2 Å². The molecule has 4 rings (SSSR count). The Morgan fingerprint density at radius 3 is 2.53 bits per heavy atom. The maximum absolute atomic E-state index is 12.8. The molecule has 34 heavy (non-hydrogen) atoms. The van der Waals surface area contributed by atoms with Crippen molar-refractivity contribution in [2.24, 2.45) is 5.92 Å². The molecule has 0 bridgehead atoms. The number of rotatable bonds is 7. The van der Waals surface area contributed by atoms with Gasteiger partial charge in [-0.2, -0.15) is 0 Å². The summed E-state index contributed by atoms with van der Waals surface area (Å²) in [6.07, 6.45) is 0.212. The summed E-state index contributed by atoms with van der Waals surface area (Å²) in [5.41, 5.74) is 4.93. The minimum atomic E-state index is -0.389. The highest BCUT2D eigenvalue weighted by molar-refractivity contribution is 7.14. The monoisotopic (exact) mass is 476 g/mol. The van der Waals surface area contributed by atoms with E-state index in [9.17, 15) is 14.4 Å². The van der Waals surface area contributed by atoms with E-state index >= 15 is 0 Å². The zero-order valence-electron chi connectivity index (χ0n) is 19.5. The van der Waals surface area contributed by atoms with Crippen LogP contribution in [0.5, 0.6) is 0 Å². The van der Waals surface area contributed by atoms with E-state index in [4.69, 9.17) is 0 Å². The van der Waals surface area contributed by atoms with E-state index < -0.39 is 0 Å². The fraction of sp³-hybridized carbons (Fsp3) is 0.308. The number of likely N-dealkylation sites (tertiary alicyclic amines) is 1. The molecule has 7 nitrogen and oxygen atoms in total. The van der Waals surface area contributed by atoms with Crippen molar-refractivity contribution in [3.05, 3.63) is 70.6 Å². The fourth-order valence-corrected chi connectivity index (χ4v) is 4.74. The Hall–Kier alpha value is -3.52. The number of amides is 3. The van der Waals surface area contributed by atoms with Crippen LogP contribution in [-0.4, -0.2) is 34.2 Å². The maximum Gasteiger partial charge on any atom is 0.231 e. The molecular weight excluding hydrogens is 448 g/mol. The van der Waals surface area contributed by atoms with Gasteiger partial charge in [0.25, 0.3) is 0 Å². The number of thiazole rings is 1. The molecule has 0 aliphatic carbocycles. The molecule has 8 heteroatoms. The van der Waals surface area contributed by atoms with Gasteiger partial charge in [0.2, 0.25) is 17.7 Å². The number of aryl methyl sites for hydroxylation is 1. The highest BCUT2D eigenvalue weighted by atomic mass is 32.1. The minimum Gasteiger partial charge on any atom is -0.350 e. The first kappa shape index (κ1) is 23.6. The molecule has 0 radical (unpaired) electrons. The maximum atomic E-state index is 12.8. The first-order valence-corrected chi connectivity index (χ1v) is 12.1. The normalized spacial score (nSPS) is 16.4. The van der Waals surface area contributed by atoms with E-state index in [-0.39, 0.29) is 36.1 Å². The average Bonchev–Trinajstić information content (AvgIpc) is 3.42. The number of benzene rings is 2. The summed E-state index contributed by atoms with van der Waals surface area (Å²) in [6.45, 7) is 6.38. The van der Waals surface area contributed by atoms with Gasteiger partial charge < -0.3 is 15.5 Å². The van der Waals surface area contributed by atoms with Crippen molar-refractivity contribution in [3.63, 3.8) is 0 Å². The Balaban J connectivity index is 1.34. The van der Waals surface area contributed by atoms with E-state index in [2.05, 4.69) is 15.6 Å². The lowest BCUT2D eigenvalue weighted by atomic mass is 10.1. The number of nitrogens with one attached hydrogen (secondary N) is 2. The molecule has 0 saturated carbocycles. The SMILES string of the molecule is CC(=O)N[C@H](C)c1ccc(-c2csc(NC(=O)[C@H]3CC(=O)N(Cc4ccc(C)cc4)C3)n2)cc1. The quantitative estimate of drug-likeness (QED) is 0.532. The molecule has 3 aromatic rings. The fourth-order valence-electron chi connectivity index (χ4n) is 4.02. The van der Waals surface area contributed by atoms with Crippen molar-refractivity contribution in [1.82, 2.24) is 15.2 Å². The molecule has 1 fully saturated rings. The third kappa shape index (κ3) is 5.69. The lowest BCUT2D eigenvalue weighted by molar-refractivity contribution is -0.128. The summed E-state index contributed by atoms with van der Waals surface area (Å²) < 4.78 is 0. The van der Waals surface area contributed by atoms with Gasteiger partial charge in [-0.15, -0.1) is 11.3 Å². The molecule has 2 heterocycles. The highest BCUT2D eigenvalue weighted by Crippen LogP contribution is 2.28. The lowest BCUT2D eigenvalue weighted by Crippen LogP contribution is -2.28. The minimum absolute atomic E-state index is 0.00543. The Morgan fingerprint density at radius 2 is 1.85 bits per heavy atom. The second-order valence-corrected chi connectivity index (χ2v) is 9.59. The predicted octanol–water partition coefficient (Wildman–Crippen LogP) is 4.30. The number of nitrogens with zero attached hydrogens (tertiary/aromatic N) is 2. The van der Waals surface area contributed by atoms with E-state index in [0.717, 1.165) is 22.4 Å². The number of aromatic nitrogens is 1. The van der Waals surface area contributed by atoms with Crippen LogP contribution in [0.4, 0.5) is 5.13 Å². The van der Waals surface area contributed by atoms with Crippen molar-refractivity contribution >= 4 is 34.2 Å². The molecule has 1 aliphatic heterocycles. The zero-order valence-corrected chi connectivity index (χ0v) is 20.3. The van der Waals surface area contributed by atoms with Crippen LogP contribution in [0, 0.1) is 12.8 Å². The number of carbonyl (C=O) groups excluding carboxylic acids is 3. The first-order chi connectivity index (χ1) is 16.3. The topological polar surface area (TPSA) is 91.4 Å². The molecule has 3 amide bonds. The second-order valence-electron chi connectivity index (χ2n) is 8.73. The van der Waals surface area contributed by atoms with Crippen LogP contribution >= 0.6 is 11.3 Å². The Labute approximate surface area is 203 Å². The van der Waals surface area contributed by atoms with Gasteiger partial charge in [-0.3, -0.25) is 14.4 Å². The van der Waals surface area contributed by atoms with Gasteiger partial charge in [0.05, 0.1) is 17.7 Å². The van der Waals surface area contributed by atoms with E-state index in [1.807, 2.05) is 67.8 Å². The van der Waals surface area contributed by atoms with Crippen molar-refractivity contribution in [2.75, 3.05) is 11.9 Å². The number of hydrogen-bond donors (Lipinski definition) is 2. The Morgan fingerprint density at radius 1 is 1.15 bits per heavy atom. The third-order valence-electron chi connectivity index (χ3n) is 5.94. The Kier molecular flexibility index (Phi) is 7.07. The van der Waals surface area contributed by atoms with E-state index in [1.165, 1.54) is 23.8 Å². The van der Waals surface area contributed by atoms with Gasteiger partial charge in [0.15, 0.2) is 5.13 Å². The largest absolute Gasteiger partial charge is 0.350 e. The molecule has 0 spiro atoms. The summed E-state index contributed by atoms with van der Waals surface area (Å²) in [5, 5.41) is 8.15. The predicted molar refractivity (Wildman–Crippen MR) is 133 cm³/mol. The molecule has 2 atom stereocenters. The molecule has 0 unspecified atom stereocenters. The number of hydrogen-bond acceptors (Lipinski definition) is 5. The standard InChI is InChI=1S/C26H28N4O3S/c1-16-4-6-19(7-5-16)13-30-14-22(12-24(30)32)25(33)29-26-28-23(15-34-26)21-10-8-20(9-11-21)17(2)27-18(3)31/h4-11,15,17,22H,12-14H2,1-3H3,(H,27,31)(H,28,29,33)/t17-,22+/m1/s1. The van der Waals surface area contributed by atoms with Gasteiger partial charge in [0, 0.05) is 37.4 Å². The van der Waals surface area contributed by atoms with Gasteiger partial charge in [-0.25, -0.2) is 4.98 Å². The van der Waals surface area contributed by atoms with Crippen LogP contribution < -0.4 is 10.6 Å². The van der Waals surface area contributed by atoms with Gasteiger partial charge >= 0.3 is 0 Å². The molecule has 1 aliphatic rings. The summed E-state index contributed by atoms with van der Waals surface area (Å²) in [4.78, 5) is 42.8. The third-order valence-corrected chi connectivity index (χ3v) is 6.70. The molecule has 1 saturated heterocycles. The van der Waals surface area contributed by atoms with Gasteiger partial charge in [-0.05, 0) is 25.0 Å². The molecule has 176 valence electrons. The van der Waals surface area contributed by atoms with Crippen molar-refractivity contribution in [3.8, 4) is 11.3 Å². The van der Waals surface area contributed by atoms with Crippen molar-refractivity contribution < 1.29 is 14.4 Å². The van der Waals surface area contributed by atoms with Crippen molar-refractivity contribution in [1.29, 1.82) is 0 Å². The van der Waals surface area contributed by atoms with Crippen LogP contribution in [0.3, 0.4) is 0 Å². The lowest BCUT2D eigenvalue weighted by Gasteiger charge is -2.16. The summed E-state index contributed by atoms with van der Waals surface area (Å²) in [6, 6.07) is 15.8. The summed E-state index contributed by atoms with van der Waals surface area (Å²) in [5.74, 6) is -0.646. The highest BCUT2D eigenvalue weighted by Gasteiger charge is 2.34. The number of anilines is 1. The summed E-state index contributed by atoms with van der Waals surface area (Å²) in [7, 11) is 0. The molecule has 2 N–H and O–H groups in total. The van der Waals surface area contributed by atoms with Crippen LogP contribution in [0.25, 0.3) is 11.3 Å². The van der Waals surface area contributed by atoms with E-state index in [1.54, 1.807) is 4.90 Å². The van der Waals surface area contributed by atoms with Gasteiger partial charge in [0.1, 0.15) is 0 Å². The van der Waals surface area contributed by atoms with Crippen LogP contribution in [-0.2, 0) is 20.9 Å². The molecule has 2 aromatic carbocycles. The zero-order chi connectivity index (χ0) is 24.2. The van der Waals surface area contributed by atoms with Crippen molar-refractivity contribution in [2.45, 2.75) is 39.8 Å². The van der Waals surface area contributed by atoms with Gasteiger partial charge in [-0.1, -0.05) is 54.1 Å². The van der Waals surface area contributed by atoms with Crippen LogP contribution in [0.2, 0.25) is 0 Å². The number of carbonyl (C=O) groups is 3. The smallest absolute Gasteiger partial charge is 0.231 e. The van der Waals surface area contributed by atoms with Crippen LogP contribution in [0.1, 0.15) is 43.0 Å². The van der Waals surface area contributed by atoms with Crippen LogP contribution in [0.15, 0.2) is 53.9 Å². The Bertz CT molecular complexity index is 1190. The first-order valence-electron chi connectivity index (χ1n) is 11.3. The summed E-state index contributed by atoms with van der Waals surface area (Å²) >= 11 is 1.36. The molecular formula is C26H28N4O3S. The second kappa shape index (κ2) is 10.2. The average molecular weight is 477 g/mol.